The van der Waals surface area contributed by atoms with Gasteiger partial charge in [-0.1, -0.05) is 62.4 Å². The van der Waals surface area contributed by atoms with Gasteiger partial charge in [-0.05, 0) is 30.5 Å². The van der Waals surface area contributed by atoms with Crippen LogP contribution in [0.15, 0.2) is 54.6 Å². The summed E-state index contributed by atoms with van der Waals surface area (Å²) in [6.07, 6.45) is 1.89. The fraction of sp³-hybridized carbons (Fsp3) is 0.286. The predicted octanol–water partition coefficient (Wildman–Crippen LogP) is 4.40. The van der Waals surface area contributed by atoms with Crippen molar-refractivity contribution in [1.29, 1.82) is 0 Å². The third-order valence-electron chi connectivity index (χ3n) is 4.13. The fourth-order valence-electron chi connectivity index (χ4n) is 2.29. The summed E-state index contributed by atoms with van der Waals surface area (Å²) in [5.41, 5.74) is 2.40. The van der Waals surface area contributed by atoms with Crippen molar-refractivity contribution in [2.24, 2.45) is 5.92 Å². The summed E-state index contributed by atoms with van der Waals surface area (Å²) in [6.45, 7) is 6.21. The molecular weight excluding hydrogens is 298 g/mol. The molecule has 0 spiro atoms. The standard InChI is InChI=1S/C21H25NO2/c1-15(2)16(3)22-21(23)19(17-10-6-5-7-11-17)14-18-12-8-9-13-20(18)24-4/h5-16H,1-4H3,(H,22,23)/b19-14+. The van der Waals surface area contributed by atoms with Crippen molar-refractivity contribution in [3.8, 4) is 5.75 Å². The van der Waals surface area contributed by atoms with Crippen molar-refractivity contribution in [3.05, 3.63) is 65.7 Å². The van der Waals surface area contributed by atoms with Gasteiger partial charge in [0.15, 0.2) is 0 Å². The maximum atomic E-state index is 12.8. The topological polar surface area (TPSA) is 38.3 Å². The van der Waals surface area contributed by atoms with Crippen molar-refractivity contribution in [1.82, 2.24) is 5.32 Å². The maximum absolute atomic E-state index is 12.8. The van der Waals surface area contributed by atoms with Gasteiger partial charge in [0.2, 0.25) is 0 Å². The summed E-state index contributed by atoms with van der Waals surface area (Å²) in [5.74, 6) is 1.04. The first-order valence-corrected chi connectivity index (χ1v) is 8.24. The van der Waals surface area contributed by atoms with E-state index in [2.05, 4.69) is 19.2 Å². The molecule has 1 amide bonds. The lowest BCUT2D eigenvalue weighted by molar-refractivity contribution is -0.116. The molecule has 2 aromatic carbocycles. The summed E-state index contributed by atoms with van der Waals surface area (Å²) >= 11 is 0. The molecule has 0 aliphatic heterocycles. The van der Waals surface area contributed by atoms with E-state index >= 15 is 0 Å². The van der Waals surface area contributed by atoms with Crippen LogP contribution in [0.1, 0.15) is 31.9 Å². The van der Waals surface area contributed by atoms with E-state index in [-0.39, 0.29) is 11.9 Å². The van der Waals surface area contributed by atoms with Crippen molar-refractivity contribution < 1.29 is 9.53 Å². The summed E-state index contributed by atoms with van der Waals surface area (Å²) in [4.78, 5) is 12.8. The summed E-state index contributed by atoms with van der Waals surface area (Å²) < 4.78 is 5.40. The van der Waals surface area contributed by atoms with Gasteiger partial charge in [0.05, 0.1) is 7.11 Å². The number of carbonyl (C=O) groups is 1. The Labute approximate surface area is 144 Å². The minimum Gasteiger partial charge on any atom is -0.496 e. The van der Waals surface area contributed by atoms with Crippen LogP contribution < -0.4 is 10.1 Å². The largest absolute Gasteiger partial charge is 0.496 e. The number of nitrogens with one attached hydrogen (secondary N) is 1. The monoisotopic (exact) mass is 323 g/mol. The number of para-hydroxylation sites is 1. The number of hydrogen-bond donors (Lipinski definition) is 1. The highest BCUT2D eigenvalue weighted by Gasteiger charge is 2.17. The number of amides is 1. The van der Waals surface area contributed by atoms with E-state index in [1.807, 2.05) is 67.6 Å². The number of methoxy groups -OCH3 is 1. The molecule has 1 atom stereocenters. The van der Waals surface area contributed by atoms with Crippen molar-refractivity contribution in [3.63, 3.8) is 0 Å². The molecule has 0 aliphatic carbocycles. The van der Waals surface area contributed by atoms with E-state index in [9.17, 15) is 4.79 Å². The zero-order valence-electron chi connectivity index (χ0n) is 14.7. The van der Waals surface area contributed by atoms with Crippen LogP contribution in [0.25, 0.3) is 11.6 Å². The SMILES string of the molecule is COc1ccccc1/C=C(/C(=O)NC(C)C(C)C)c1ccccc1. The number of hydrogen-bond acceptors (Lipinski definition) is 2. The number of benzene rings is 2. The first kappa shape index (κ1) is 17.8. The Bertz CT molecular complexity index is 705. The van der Waals surface area contributed by atoms with Gasteiger partial charge in [-0.15, -0.1) is 0 Å². The van der Waals surface area contributed by atoms with Gasteiger partial charge in [-0.2, -0.15) is 0 Å². The number of carbonyl (C=O) groups excluding carboxylic acids is 1. The van der Waals surface area contributed by atoms with Crippen molar-refractivity contribution in [2.75, 3.05) is 7.11 Å². The van der Waals surface area contributed by atoms with Crippen LogP contribution in [0.4, 0.5) is 0 Å². The molecule has 2 aromatic rings. The van der Waals surface area contributed by atoms with Crippen molar-refractivity contribution >= 4 is 17.6 Å². The van der Waals surface area contributed by atoms with Gasteiger partial charge in [-0.25, -0.2) is 0 Å². The molecular formula is C21H25NO2. The second-order valence-corrected chi connectivity index (χ2v) is 6.17. The quantitative estimate of drug-likeness (QED) is 0.632. The highest BCUT2D eigenvalue weighted by molar-refractivity contribution is 6.24. The van der Waals surface area contributed by atoms with Gasteiger partial charge >= 0.3 is 0 Å². The molecule has 24 heavy (non-hydrogen) atoms. The van der Waals surface area contributed by atoms with Gasteiger partial charge in [-0.3, -0.25) is 4.79 Å². The van der Waals surface area contributed by atoms with E-state index in [0.717, 1.165) is 16.9 Å². The highest BCUT2D eigenvalue weighted by atomic mass is 16.5. The maximum Gasteiger partial charge on any atom is 0.252 e. The lowest BCUT2D eigenvalue weighted by atomic mass is 10.00. The van der Waals surface area contributed by atoms with Gasteiger partial charge in [0.25, 0.3) is 5.91 Å². The molecule has 126 valence electrons. The van der Waals surface area contributed by atoms with E-state index < -0.39 is 0 Å². The third kappa shape index (κ3) is 4.48. The summed E-state index contributed by atoms with van der Waals surface area (Å²) in [5, 5.41) is 3.09. The Morgan fingerprint density at radius 1 is 1.00 bits per heavy atom. The molecule has 0 fully saturated rings. The first-order valence-electron chi connectivity index (χ1n) is 8.24. The minimum atomic E-state index is -0.0756. The second kappa shape index (κ2) is 8.34. The summed E-state index contributed by atoms with van der Waals surface area (Å²) in [6, 6.07) is 17.5. The van der Waals surface area contributed by atoms with E-state index in [4.69, 9.17) is 4.74 Å². The highest BCUT2D eigenvalue weighted by Crippen LogP contribution is 2.25. The molecule has 0 aliphatic rings. The second-order valence-electron chi connectivity index (χ2n) is 6.17. The van der Waals surface area contributed by atoms with Crippen LogP contribution in [0.5, 0.6) is 5.75 Å². The molecule has 1 unspecified atom stereocenters. The zero-order chi connectivity index (χ0) is 17.5. The molecule has 0 aromatic heterocycles. The zero-order valence-corrected chi connectivity index (χ0v) is 14.7. The minimum absolute atomic E-state index is 0.0756. The summed E-state index contributed by atoms with van der Waals surface area (Å²) in [7, 11) is 1.63. The lowest BCUT2D eigenvalue weighted by Crippen LogP contribution is -2.36. The van der Waals surface area contributed by atoms with Gasteiger partial charge < -0.3 is 10.1 Å². The average molecular weight is 323 g/mol. The molecule has 3 nitrogen and oxygen atoms in total. The van der Waals surface area contributed by atoms with E-state index in [0.29, 0.717) is 11.5 Å². The molecule has 0 saturated carbocycles. The van der Waals surface area contributed by atoms with Crippen molar-refractivity contribution in [2.45, 2.75) is 26.8 Å². The Morgan fingerprint density at radius 2 is 1.62 bits per heavy atom. The normalized spacial score (nSPS) is 12.8. The van der Waals surface area contributed by atoms with Crippen LogP contribution in [-0.2, 0) is 4.79 Å². The van der Waals surface area contributed by atoms with Crippen LogP contribution in [0.3, 0.4) is 0 Å². The molecule has 0 radical (unpaired) electrons. The molecule has 0 heterocycles. The first-order chi connectivity index (χ1) is 11.5. The fourth-order valence-corrected chi connectivity index (χ4v) is 2.29. The van der Waals surface area contributed by atoms with Crippen LogP contribution in [0.2, 0.25) is 0 Å². The number of ether oxygens (including phenoxy) is 1. The Balaban J connectivity index is 2.44. The Morgan fingerprint density at radius 3 is 2.25 bits per heavy atom. The van der Waals surface area contributed by atoms with Gasteiger partial charge in [0.1, 0.15) is 5.75 Å². The molecule has 1 N–H and O–H groups in total. The Hall–Kier alpha value is -2.55. The molecule has 3 heteroatoms. The van der Waals surface area contributed by atoms with E-state index in [1.54, 1.807) is 7.11 Å². The van der Waals surface area contributed by atoms with E-state index in [1.165, 1.54) is 0 Å². The number of rotatable bonds is 6. The lowest BCUT2D eigenvalue weighted by Gasteiger charge is -2.19. The van der Waals surface area contributed by atoms with Gasteiger partial charge in [0, 0.05) is 17.2 Å². The predicted molar refractivity (Wildman–Crippen MR) is 99.7 cm³/mol. The van der Waals surface area contributed by atoms with Crippen LogP contribution in [-0.4, -0.2) is 19.1 Å². The smallest absolute Gasteiger partial charge is 0.252 e. The molecule has 0 saturated heterocycles. The average Bonchev–Trinajstić information content (AvgIpc) is 2.60. The molecule has 0 bridgehead atoms. The third-order valence-corrected chi connectivity index (χ3v) is 4.13. The molecule has 2 rings (SSSR count). The van der Waals surface area contributed by atoms with Crippen LogP contribution in [0, 0.1) is 5.92 Å². The van der Waals surface area contributed by atoms with Crippen LogP contribution >= 0.6 is 0 Å². The Kier molecular flexibility index (Phi) is 6.19.